The van der Waals surface area contributed by atoms with Gasteiger partial charge in [0.25, 0.3) is 5.17 Å². The largest absolute Gasteiger partial charge is 0.471 e. The zero-order valence-electron chi connectivity index (χ0n) is 18.2. The van der Waals surface area contributed by atoms with Crippen LogP contribution in [-0.4, -0.2) is 72.9 Å². The maximum atomic E-state index is 11.8. The number of thiocarbonyl (C=S) groups is 1. The first-order valence-corrected chi connectivity index (χ1v) is 10.2. The third-order valence-corrected chi connectivity index (χ3v) is 4.22. The average molecular weight is 464 g/mol. The van der Waals surface area contributed by atoms with Crippen LogP contribution < -0.4 is 5.32 Å². The molecule has 176 valence electrons. The fourth-order valence-corrected chi connectivity index (χ4v) is 3.01. The van der Waals surface area contributed by atoms with Gasteiger partial charge in [0.2, 0.25) is 0 Å². The van der Waals surface area contributed by atoms with Gasteiger partial charge in [-0.3, -0.25) is 19.2 Å². The van der Waals surface area contributed by atoms with E-state index in [9.17, 15) is 19.2 Å². The summed E-state index contributed by atoms with van der Waals surface area (Å²) in [6, 6.07) is 0. The lowest BCUT2D eigenvalue weighted by Crippen LogP contribution is -2.66. The molecule has 11 nitrogen and oxygen atoms in total. The van der Waals surface area contributed by atoms with E-state index in [2.05, 4.69) is 5.32 Å². The van der Waals surface area contributed by atoms with E-state index >= 15 is 0 Å². The van der Waals surface area contributed by atoms with Crippen LogP contribution in [0.2, 0.25) is 0 Å². The third-order valence-electron chi connectivity index (χ3n) is 3.98. The highest BCUT2D eigenvalue weighted by Gasteiger charge is 2.52. The molecular formula is C19H29NO10S. The molecule has 0 spiro atoms. The topological polar surface area (TPSA) is 136 Å². The van der Waals surface area contributed by atoms with E-state index in [-0.39, 0.29) is 11.8 Å². The number of carbonyl (C=O) groups excluding carboxylic acids is 4. The van der Waals surface area contributed by atoms with Crippen molar-refractivity contribution in [3.8, 4) is 0 Å². The predicted octanol–water partition coefficient (Wildman–Crippen LogP) is 0.761. The van der Waals surface area contributed by atoms with Crippen molar-refractivity contribution in [1.82, 2.24) is 5.32 Å². The van der Waals surface area contributed by atoms with Crippen LogP contribution >= 0.6 is 12.2 Å². The Hall–Kier alpha value is -2.47. The Bertz CT molecular complexity index is 670. The minimum atomic E-state index is -1.27. The maximum absolute atomic E-state index is 11.8. The van der Waals surface area contributed by atoms with Gasteiger partial charge in [-0.2, -0.15) is 0 Å². The summed E-state index contributed by atoms with van der Waals surface area (Å²) in [5, 5.41) is 2.73. The summed E-state index contributed by atoms with van der Waals surface area (Å²) in [4.78, 5) is 46.4. The molecule has 1 rings (SSSR count). The SMILES string of the molecule is CCCCOC(=S)N[C@@H]1O[C@H](COC(C)=O)[C@@H](OC(C)=O)[C@H](OC(C)=O)[C@H]1OC(C)=O. The molecule has 31 heavy (non-hydrogen) atoms. The van der Waals surface area contributed by atoms with Gasteiger partial charge in [0, 0.05) is 27.7 Å². The van der Waals surface area contributed by atoms with Crippen molar-refractivity contribution in [3.63, 3.8) is 0 Å². The summed E-state index contributed by atoms with van der Waals surface area (Å²) in [7, 11) is 0. The number of hydrogen-bond donors (Lipinski definition) is 1. The first kappa shape index (κ1) is 26.6. The average Bonchev–Trinajstić information content (AvgIpc) is 2.64. The Kier molecular flexibility index (Phi) is 11.2. The Morgan fingerprint density at radius 2 is 1.39 bits per heavy atom. The van der Waals surface area contributed by atoms with Gasteiger partial charge in [0.05, 0.1) is 6.61 Å². The molecule has 1 fully saturated rings. The summed E-state index contributed by atoms with van der Waals surface area (Å²) >= 11 is 5.15. The predicted molar refractivity (Wildman–Crippen MR) is 109 cm³/mol. The zero-order chi connectivity index (χ0) is 23.6. The van der Waals surface area contributed by atoms with Crippen LogP contribution in [-0.2, 0) is 47.6 Å². The van der Waals surface area contributed by atoms with Gasteiger partial charge in [0.1, 0.15) is 12.7 Å². The molecule has 1 aliphatic rings. The monoisotopic (exact) mass is 463 g/mol. The summed E-state index contributed by atoms with van der Waals surface area (Å²) < 4.78 is 32.2. The number of carbonyl (C=O) groups is 4. The van der Waals surface area contributed by atoms with Crippen LogP contribution in [0, 0.1) is 0 Å². The first-order valence-electron chi connectivity index (χ1n) is 9.78. The molecule has 0 saturated carbocycles. The molecule has 0 unspecified atom stereocenters. The molecule has 1 saturated heterocycles. The highest BCUT2D eigenvalue weighted by molar-refractivity contribution is 7.80. The van der Waals surface area contributed by atoms with Crippen molar-refractivity contribution in [2.45, 2.75) is 78.1 Å². The molecule has 0 aliphatic carbocycles. The van der Waals surface area contributed by atoms with Crippen molar-refractivity contribution in [2.75, 3.05) is 13.2 Å². The van der Waals surface area contributed by atoms with E-state index in [1.165, 1.54) is 6.92 Å². The molecule has 1 heterocycles. The lowest BCUT2D eigenvalue weighted by molar-refractivity contribution is -0.255. The van der Waals surface area contributed by atoms with Gasteiger partial charge >= 0.3 is 23.9 Å². The molecule has 5 atom stereocenters. The van der Waals surface area contributed by atoms with Gasteiger partial charge in [-0.1, -0.05) is 13.3 Å². The van der Waals surface area contributed by atoms with Crippen molar-refractivity contribution >= 4 is 41.3 Å². The first-order chi connectivity index (χ1) is 14.5. The standard InChI is InChI=1S/C19H29NO10S/c1-6-7-8-25-19(31)20-18-17(29-13(5)24)16(28-12(4)23)15(27-11(3)22)14(30-18)9-26-10(2)21/h14-18H,6-9H2,1-5H3,(H,20,31)/t14-,15-,16+,17-,18-/m1/s1. The van der Waals surface area contributed by atoms with E-state index in [4.69, 9.17) is 40.6 Å². The van der Waals surface area contributed by atoms with Crippen molar-refractivity contribution in [1.29, 1.82) is 0 Å². The number of unbranched alkanes of at least 4 members (excludes halogenated alkanes) is 1. The Morgan fingerprint density at radius 3 is 1.90 bits per heavy atom. The highest BCUT2D eigenvalue weighted by atomic mass is 32.1. The minimum absolute atomic E-state index is 0.0330. The summed E-state index contributed by atoms with van der Waals surface area (Å²) in [5.41, 5.74) is 0. The molecule has 0 radical (unpaired) electrons. The fourth-order valence-electron chi connectivity index (χ4n) is 2.81. The molecule has 0 amide bonds. The lowest BCUT2D eigenvalue weighted by atomic mass is 9.97. The Morgan fingerprint density at radius 1 is 0.839 bits per heavy atom. The highest BCUT2D eigenvalue weighted by Crippen LogP contribution is 2.28. The quantitative estimate of drug-likeness (QED) is 0.224. The minimum Gasteiger partial charge on any atom is -0.471 e. The van der Waals surface area contributed by atoms with E-state index in [0.717, 1.165) is 33.6 Å². The van der Waals surface area contributed by atoms with E-state index in [0.29, 0.717) is 6.61 Å². The molecule has 0 bridgehead atoms. The molecule has 1 N–H and O–H groups in total. The number of esters is 4. The third kappa shape index (κ3) is 9.47. The van der Waals surface area contributed by atoms with Crippen molar-refractivity contribution in [2.24, 2.45) is 0 Å². The number of hydrogen-bond acceptors (Lipinski definition) is 11. The Labute approximate surface area is 186 Å². The number of ether oxygens (including phenoxy) is 6. The molecule has 1 aliphatic heterocycles. The second kappa shape index (κ2) is 13.1. The number of rotatable bonds is 9. The van der Waals surface area contributed by atoms with Gasteiger partial charge in [0.15, 0.2) is 24.5 Å². The normalized spacial score (nSPS) is 25.0. The summed E-state index contributed by atoms with van der Waals surface area (Å²) in [5.74, 6) is -2.72. The van der Waals surface area contributed by atoms with Crippen LogP contribution in [0.25, 0.3) is 0 Å². The van der Waals surface area contributed by atoms with Crippen LogP contribution in [0.3, 0.4) is 0 Å². The molecular weight excluding hydrogens is 434 g/mol. The Balaban J connectivity index is 3.23. The van der Waals surface area contributed by atoms with Crippen LogP contribution in [0.15, 0.2) is 0 Å². The zero-order valence-corrected chi connectivity index (χ0v) is 19.0. The molecule has 0 aromatic rings. The fraction of sp³-hybridized carbons (Fsp3) is 0.737. The van der Waals surface area contributed by atoms with Gasteiger partial charge in [-0.05, 0) is 18.6 Å². The van der Waals surface area contributed by atoms with E-state index < -0.39 is 54.5 Å². The van der Waals surface area contributed by atoms with Gasteiger partial charge in [-0.15, -0.1) is 0 Å². The molecule has 0 aromatic heterocycles. The van der Waals surface area contributed by atoms with Gasteiger partial charge in [-0.25, -0.2) is 0 Å². The molecule has 0 aromatic carbocycles. The smallest absolute Gasteiger partial charge is 0.303 e. The van der Waals surface area contributed by atoms with Crippen LogP contribution in [0.1, 0.15) is 47.5 Å². The summed E-state index contributed by atoms with van der Waals surface area (Å²) in [6.45, 7) is 6.67. The maximum Gasteiger partial charge on any atom is 0.303 e. The van der Waals surface area contributed by atoms with Gasteiger partial charge < -0.3 is 33.7 Å². The van der Waals surface area contributed by atoms with Crippen molar-refractivity contribution in [3.05, 3.63) is 0 Å². The molecule has 12 heteroatoms. The second-order valence-electron chi connectivity index (χ2n) is 6.75. The van der Waals surface area contributed by atoms with Crippen molar-refractivity contribution < 1.29 is 47.6 Å². The van der Waals surface area contributed by atoms with Crippen LogP contribution in [0.5, 0.6) is 0 Å². The second-order valence-corrected chi connectivity index (χ2v) is 7.12. The summed E-state index contributed by atoms with van der Waals surface area (Å²) in [6.07, 6.45) is -4.28. The number of nitrogens with one attached hydrogen (secondary N) is 1. The van der Waals surface area contributed by atoms with E-state index in [1.54, 1.807) is 0 Å². The van der Waals surface area contributed by atoms with E-state index in [1.807, 2.05) is 6.92 Å². The lowest BCUT2D eigenvalue weighted by Gasteiger charge is -2.44. The van der Waals surface area contributed by atoms with Crippen LogP contribution in [0.4, 0.5) is 0 Å².